The van der Waals surface area contributed by atoms with Crippen LogP contribution in [0.2, 0.25) is 0 Å². The number of ether oxygens (including phenoxy) is 3. The van der Waals surface area contributed by atoms with Crippen molar-refractivity contribution in [3.8, 4) is 17.2 Å². The second-order valence-corrected chi connectivity index (χ2v) is 4.91. The molecule has 0 saturated heterocycles. The van der Waals surface area contributed by atoms with Gasteiger partial charge in [-0.05, 0) is 13.8 Å². The third-order valence-electron chi connectivity index (χ3n) is 3.56. The molecule has 0 unspecified atom stereocenters. The maximum Gasteiger partial charge on any atom is 0.238 e. The van der Waals surface area contributed by atoms with Gasteiger partial charge in [-0.3, -0.25) is 4.79 Å². The predicted molar refractivity (Wildman–Crippen MR) is 74.1 cm³/mol. The number of methoxy groups -OCH3 is 2. The van der Waals surface area contributed by atoms with Crippen molar-refractivity contribution in [1.29, 1.82) is 0 Å². The van der Waals surface area contributed by atoms with Gasteiger partial charge in [0.1, 0.15) is 34.3 Å². The van der Waals surface area contributed by atoms with Gasteiger partial charge in [0.15, 0.2) is 0 Å². The fourth-order valence-corrected chi connectivity index (χ4v) is 2.70. The Balaban J connectivity index is 2.46. The Morgan fingerprint density at radius 1 is 1.30 bits per heavy atom. The molecule has 1 aromatic heterocycles. The fourth-order valence-electron chi connectivity index (χ4n) is 2.70. The average Bonchev–Trinajstić information content (AvgIpc) is 2.78. The molecule has 0 aliphatic carbocycles. The van der Waals surface area contributed by atoms with Crippen molar-refractivity contribution in [2.24, 2.45) is 0 Å². The third-order valence-corrected chi connectivity index (χ3v) is 3.56. The Morgan fingerprint density at radius 3 is 2.70 bits per heavy atom. The molecule has 1 atom stereocenters. The van der Waals surface area contributed by atoms with Gasteiger partial charge < -0.3 is 18.6 Å². The molecule has 5 nitrogen and oxygen atoms in total. The molecule has 0 spiro atoms. The number of benzene rings is 1. The molecular formula is C15H16O5. The van der Waals surface area contributed by atoms with Crippen LogP contribution in [-0.2, 0) is 6.42 Å². The Bertz CT molecular complexity index is 744. The molecule has 5 heteroatoms. The number of rotatable bonds is 2. The summed E-state index contributed by atoms with van der Waals surface area (Å²) in [6.07, 6.45) is 0.776. The Hall–Kier alpha value is -2.17. The van der Waals surface area contributed by atoms with Gasteiger partial charge in [-0.15, -0.1) is 0 Å². The van der Waals surface area contributed by atoms with Crippen molar-refractivity contribution in [2.45, 2.75) is 26.4 Å². The molecule has 3 rings (SSSR count). The van der Waals surface area contributed by atoms with Crippen molar-refractivity contribution in [2.75, 3.05) is 14.2 Å². The highest BCUT2D eigenvalue weighted by atomic mass is 16.5. The largest absolute Gasteiger partial charge is 0.496 e. The van der Waals surface area contributed by atoms with E-state index in [4.69, 9.17) is 18.6 Å². The van der Waals surface area contributed by atoms with Crippen LogP contribution in [-0.4, -0.2) is 20.3 Å². The standard InChI is InChI=1S/C15H16O5/c1-7-5-9-10(19-7)6-11(17-3)12-13(16)14(18-4)8(2)20-15(9)12/h6-7H,5H2,1-4H3/t7-/m1/s1. The van der Waals surface area contributed by atoms with Crippen LogP contribution in [0.5, 0.6) is 17.2 Å². The van der Waals surface area contributed by atoms with Crippen LogP contribution in [0.3, 0.4) is 0 Å². The first kappa shape index (κ1) is 12.8. The summed E-state index contributed by atoms with van der Waals surface area (Å²) in [5.41, 5.74) is 1.23. The molecule has 2 aromatic rings. The van der Waals surface area contributed by atoms with E-state index in [0.29, 0.717) is 28.9 Å². The summed E-state index contributed by atoms with van der Waals surface area (Å²) in [6.45, 7) is 3.69. The van der Waals surface area contributed by atoms with Gasteiger partial charge in [-0.1, -0.05) is 0 Å². The maximum absolute atomic E-state index is 12.5. The average molecular weight is 276 g/mol. The number of hydrogen-bond donors (Lipinski definition) is 0. The van der Waals surface area contributed by atoms with E-state index in [1.807, 2.05) is 6.92 Å². The number of fused-ring (bicyclic) bond motifs is 3. The van der Waals surface area contributed by atoms with Crippen molar-refractivity contribution in [3.63, 3.8) is 0 Å². The molecule has 0 fully saturated rings. The van der Waals surface area contributed by atoms with Crippen LogP contribution in [0, 0.1) is 6.92 Å². The number of aryl methyl sites for hydroxylation is 1. The lowest BCUT2D eigenvalue weighted by Gasteiger charge is -2.11. The minimum Gasteiger partial charge on any atom is -0.496 e. The summed E-state index contributed by atoms with van der Waals surface area (Å²) in [5.74, 6) is 1.83. The van der Waals surface area contributed by atoms with Crippen LogP contribution >= 0.6 is 0 Å². The highest BCUT2D eigenvalue weighted by molar-refractivity contribution is 5.90. The van der Waals surface area contributed by atoms with Gasteiger partial charge in [0, 0.05) is 18.1 Å². The molecule has 1 aliphatic rings. The topological polar surface area (TPSA) is 57.9 Å². The molecule has 0 bridgehead atoms. The Morgan fingerprint density at radius 2 is 2.05 bits per heavy atom. The molecule has 106 valence electrons. The summed E-state index contributed by atoms with van der Waals surface area (Å²) in [5, 5.41) is 0.409. The minimum atomic E-state index is -0.217. The molecule has 2 heterocycles. The van der Waals surface area contributed by atoms with Crippen molar-refractivity contribution < 1.29 is 18.6 Å². The second-order valence-electron chi connectivity index (χ2n) is 4.91. The summed E-state index contributed by atoms with van der Waals surface area (Å²) in [7, 11) is 2.97. The molecule has 0 N–H and O–H groups in total. The van der Waals surface area contributed by atoms with Crippen molar-refractivity contribution >= 4 is 11.0 Å². The Kier molecular flexibility index (Phi) is 2.85. The van der Waals surface area contributed by atoms with E-state index in [1.165, 1.54) is 14.2 Å². The van der Waals surface area contributed by atoms with E-state index in [0.717, 1.165) is 11.3 Å². The van der Waals surface area contributed by atoms with E-state index in [2.05, 4.69) is 0 Å². The molecule has 0 radical (unpaired) electrons. The van der Waals surface area contributed by atoms with E-state index in [9.17, 15) is 4.79 Å². The first-order valence-corrected chi connectivity index (χ1v) is 6.44. The first-order valence-electron chi connectivity index (χ1n) is 6.44. The molecule has 1 aromatic carbocycles. The zero-order chi connectivity index (χ0) is 14.4. The first-order chi connectivity index (χ1) is 9.56. The smallest absolute Gasteiger partial charge is 0.238 e. The highest BCUT2D eigenvalue weighted by Gasteiger charge is 2.28. The van der Waals surface area contributed by atoms with Gasteiger partial charge in [-0.2, -0.15) is 0 Å². The van der Waals surface area contributed by atoms with Crippen LogP contribution in [0.25, 0.3) is 11.0 Å². The zero-order valence-electron chi connectivity index (χ0n) is 11.9. The molecular weight excluding hydrogens is 260 g/mol. The normalized spacial score (nSPS) is 16.9. The molecule has 0 saturated carbocycles. The van der Waals surface area contributed by atoms with Crippen LogP contribution in [0.15, 0.2) is 15.3 Å². The van der Waals surface area contributed by atoms with Gasteiger partial charge >= 0.3 is 0 Å². The zero-order valence-corrected chi connectivity index (χ0v) is 11.9. The lowest BCUT2D eigenvalue weighted by Crippen LogP contribution is -2.09. The quantitative estimate of drug-likeness (QED) is 0.843. The summed E-state index contributed by atoms with van der Waals surface area (Å²) in [4.78, 5) is 12.5. The predicted octanol–water partition coefficient (Wildman–Crippen LogP) is 2.44. The van der Waals surface area contributed by atoms with E-state index < -0.39 is 0 Å². The van der Waals surface area contributed by atoms with E-state index in [-0.39, 0.29) is 17.3 Å². The van der Waals surface area contributed by atoms with Gasteiger partial charge in [0.05, 0.1) is 14.2 Å². The van der Waals surface area contributed by atoms with Crippen molar-refractivity contribution in [3.05, 3.63) is 27.6 Å². The molecule has 0 amide bonds. The SMILES string of the molecule is COc1c(C)oc2c3c(cc(OC)c2c1=O)O[C@H](C)C3. The van der Waals surface area contributed by atoms with Gasteiger partial charge in [-0.25, -0.2) is 0 Å². The van der Waals surface area contributed by atoms with Gasteiger partial charge in [0.2, 0.25) is 11.2 Å². The summed E-state index contributed by atoms with van der Waals surface area (Å²) >= 11 is 0. The molecule has 20 heavy (non-hydrogen) atoms. The fraction of sp³-hybridized carbons (Fsp3) is 0.400. The number of hydrogen-bond acceptors (Lipinski definition) is 5. The monoisotopic (exact) mass is 276 g/mol. The maximum atomic E-state index is 12.5. The van der Waals surface area contributed by atoms with Crippen LogP contribution in [0.4, 0.5) is 0 Å². The van der Waals surface area contributed by atoms with E-state index in [1.54, 1.807) is 13.0 Å². The lowest BCUT2D eigenvalue weighted by molar-refractivity contribution is 0.254. The molecule has 1 aliphatic heterocycles. The Labute approximate surface area is 116 Å². The third kappa shape index (κ3) is 1.66. The highest BCUT2D eigenvalue weighted by Crippen LogP contribution is 2.40. The summed E-state index contributed by atoms with van der Waals surface area (Å²) in [6, 6.07) is 1.74. The van der Waals surface area contributed by atoms with Gasteiger partial charge in [0.25, 0.3) is 0 Å². The lowest BCUT2D eigenvalue weighted by atomic mass is 10.0. The van der Waals surface area contributed by atoms with E-state index >= 15 is 0 Å². The summed E-state index contributed by atoms with van der Waals surface area (Å²) < 4.78 is 22.0. The second kappa shape index (κ2) is 4.44. The van der Waals surface area contributed by atoms with Crippen LogP contribution in [0.1, 0.15) is 18.2 Å². The van der Waals surface area contributed by atoms with Crippen LogP contribution < -0.4 is 19.6 Å². The minimum absolute atomic E-state index is 0.0630. The van der Waals surface area contributed by atoms with Crippen molar-refractivity contribution in [1.82, 2.24) is 0 Å².